The van der Waals surface area contributed by atoms with Crippen LogP contribution in [0.2, 0.25) is 0 Å². The standard InChI is InChI=1S/C22H32N4O6/c1-3-13(2)19(26-21(31)16-5-4-10-23-16)22(32)25-17(20(30)24-12-18(28)29)11-14-6-8-15(27)9-7-14/h6-9,13,16-17,19,23,27H,3-5,10-12H2,1-2H3,(H,24,30)(H,25,32)(H,26,31)(H,28,29). The minimum absolute atomic E-state index is 0.0599. The van der Waals surface area contributed by atoms with Gasteiger partial charge in [0.05, 0.1) is 6.04 Å². The van der Waals surface area contributed by atoms with Crippen LogP contribution < -0.4 is 21.3 Å². The highest BCUT2D eigenvalue weighted by Gasteiger charge is 2.32. The predicted molar refractivity (Wildman–Crippen MR) is 117 cm³/mol. The summed E-state index contributed by atoms with van der Waals surface area (Å²) in [5.74, 6) is -2.75. The number of benzene rings is 1. The molecule has 0 radical (unpaired) electrons. The molecule has 1 saturated heterocycles. The lowest BCUT2D eigenvalue weighted by Crippen LogP contribution is -2.58. The highest BCUT2D eigenvalue weighted by molar-refractivity contribution is 5.94. The second-order valence-electron chi connectivity index (χ2n) is 8.06. The maximum Gasteiger partial charge on any atom is 0.322 e. The van der Waals surface area contributed by atoms with E-state index in [2.05, 4.69) is 21.3 Å². The third-order valence-corrected chi connectivity index (χ3v) is 5.59. The van der Waals surface area contributed by atoms with Gasteiger partial charge in [-0.15, -0.1) is 0 Å². The normalized spacial score (nSPS) is 18.2. The summed E-state index contributed by atoms with van der Waals surface area (Å²) in [5.41, 5.74) is 0.665. The van der Waals surface area contributed by atoms with Gasteiger partial charge in [0.25, 0.3) is 0 Å². The van der Waals surface area contributed by atoms with Gasteiger partial charge in [0.1, 0.15) is 24.4 Å². The Bertz CT molecular complexity index is 807. The molecular weight excluding hydrogens is 416 g/mol. The number of carbonyl (C=O) groups excluding carboxylic acids is 3. The van der Waals surface area contributed by atoms with E-state index >= 15 is 0 Å². The van der Waals surface area contributed by atoms with E-state index < -0.39 is 36.4 Å². The summed E-state index contributed by atoms with van der Waals surface area (Å²) in [6.45, 7) is 3.90. The fourth-order valence-electron chi connectivity index (χ4n) is 3.49. The highest BCUT2D eigenvalue weighted by atomic mass is 16.4. The second kappa shape index (κ2) is 12.0. The largest absolute Gasteiger partial charge is 0.508 e. The van der Waals surface area contributed by atoms with Crippen molar-refractivity contribution in [2.45, 2.75) is 57.7 Å². The van der Waals surface area contributed by atoms with E-state index in [9.17, 15) is 24.3 Å². The van der Waals surface area contributed by atoms with Crippen LogP contribution in [0.25, 0.3) is 0 Å². The van der Waals surface area contributed by atoms with Crippen molar-refractivity contribution in [1.29, 1.82) is 0 Å². The molecule has 0 spiro atoms. The number of rotatable bonds is 11. The Morgan fingerprint density at radius 1 is 1.12 bits per heavy atom. The van der Waals surface area contributed by atoms with E-state index in [-0.39, 0.29) is 30.0 Å². The first kappa shape index (κ1) is 25.1. The molecule has 1 aromatic carbocycles. The minimum Gasteiger partial charge on any atom is -0.508 e. The zero-order chi connectivity index (χ0) is 23.7. The molecule has 3 amide bonds. The van der Waals surface area contributed by atoms with Crippen LogP contribution in [0.4, 0.5) is 0 Å². The van der Waals surface area contributed by atoms with Crippen molar-refractivity contribution in [3.63, 3.8) is 0 Å². The monoisotopic (exact) mass is 448 g/mol. The lowest BCUT2D eigenvalue weighted by Gasteiger charge is -2.27. The molecule has 176 valence electrons. The van der Waals surface area contributed by atoms with Gasteiger partial charge in [-0.05, 0) is 43.0 Å². The van der Waals surface area contributed by atoms with E-state index in [0.717, 1.165) is 13.0 Å². The number of phenols is 1. The summed E-state index contributed by atoms with van der Waals surface area (Å²) >= 11 is 0. The summed E-state index contributed by atoms with van der Waals surface area (Å²) in [5, 5.41) is 29.2. The van der Waals surface area contributed by atoms with E-state index in [4.69, 9.17) is 5.11 Å². The molecule has 0 saturated carbocycles. The second-order valence-corrected chi connectivity index (χ2v) is 8.06. The number of carbonyl (C=O) groups is 4. The zero-order valence-electron chi connectivity index (χ0n) is 18.4. The van der Waals surface area contributed by atoms with Crippen molar-refractivity contribution < 1.29 is 29.4 Å². The van der Waals surface area contributed by atoms with Gasteiger partial charge >= 0.3 is 5.97 Å². The summed E-state index contributed by atoms with van der Waals surface area (Å²) < 4.78 is 0. The van der Waals surface area contributed by atoms with Crippen LogP contribution >= 0.6 is 0 Å². The van der Waals surface area contributed by atoms with Gasteiger partial charge in [-0.1, -0.05) is 32.4 Å². The summed E-state index contributed by atoms with van der Waals surface area (Å²) in [6, 6.07) is 3.89. The van der Waals surface area contributed by atoms with Gasteiger partial charge in [-0.25, -0.2) is 0 Å². The first-order valence-corrected chi connectivity index (χ1v) is 10.8. The van der Waals surface area contributed by atoms with Crippen LogP contribution in [0.1, 0.15) is 38.7 Å². The minimum atomic E-state index is -1.21. The molecule has 10 nitrogen and oxygen atoms in total. The van der Waals surface area contributed by atoms with Crippen molar-refractivity contribution >= 4 is 23.7 Å². The fraction of sp³-hybridized carbons (Fsp3) is 0.545. The number of amides is 3. The summed E-state index contributed by atoms with van der Waals surface area (Å²) in [4.78, 5) is 49.1. The van der Waals surface area contributed by atoms with Gasteiger partial charge < -0.3 is 31.5 Å². The number of phenolic OH excluding ortho intramolecular Hbond substituents is 1. The molecule has 2 rings (SSSR count). The highest BCUT2D eigenvalue weighted by Crippen LogP contribution is 2.14. The quantitative estimate of drug-likeness (QED) is 0.276. The Hall–Kier alpha value is -3.14. The van der Waals surface area contributed by atoms with E-state index in [1.54, 1.807) is 12.1 Å². The molecule has 1 heterocycles. The SMILES string of the molecule is CCC(C)C(NC(=O)C1CCCN1)C(=O)NC(Cc1ccc(O)cc1)C(=O)NCC(=O)O. The molecule has 0 aromatic heterocycles. The fourth-order valence-corrected chi connectivity index (χ4v) is 3.49. The topological polar surface area (TPSA) is 157 Å². The Kier molecular flexibility index (Phi) is 9.45. The van der Waals surface area contributed by atoms with E-state index in [0.29, 0.717) is 18.4 Å². The smallest absolute Gasteiger partial charge is 0.322 e. The number of hydrogen-bond acceptors (Lipinski definition) is 6. The lowest BCUT2D eigenvalue weighted by molar-refractivity contribution is -0.138. The molecular formula is C22H32N4O6. The Morgan fingerprint density at radius 2 is 1.81 bits per heavy atom. The number of aromatic hydroxyl groups is 1. The van der Waals surface area contributed by atoms with Gasteiger partial charge in [0.2, 0.25) is 17.7 Å². The number of hydrogen-bond donors (Lipinski definition) is 6. The molecule has 0 aliphatic carbocycles. The van der Waals surface area contributed by atoms with Crippen molar-refractivity contribution in [2.24, 2.45) is 5.92 Å². The molecule has 6 N–H and O–H groups in total. The van der Waals surface area contributed by atoms with Gasteiger partial charge in [-0.3, -0.25) is 19.2 Å². The third kappa shape index (κ3) is 7.52. The first-order chi connectivity index (χ1) is 15.2. The van der Waals surface area contributed by atoms with E-state index in [1.165, 1.54) is 12.1 Å². The number of carboxylic acid groups (broad SMARTS) is 1. The average Bonchev–Trinajstić information content (AvgIpc) is 3.31. The van der Waals surface area contributed by atoms with Crippen LogP contribution in [0.5, 0.6) is 5.75 Å². The number of aliphatic carboxylic acids is 1. The zero-order valence-corrected chi connectivity index (χ0v) is 18.4. The van der Waals surface area contributed by atoms with Crippen molar-refractivity contribution in [3.8, 4) is 5.75 Å². The predicted octanol–water partition coefficient (Wildman–Crippen LogP) is -0.0968. The summed E-state index contributed by atoms with van der Waals surface area (Å²) in [7, 11) is 0. The third-order valence-electron chi connectivity index (χ3n) is 5.59. The van der Waals surface area contributed by atoms with Crippen LogP contribution in [0.15, 0.2) is 24.3 Å². The molecule has 0 bridgehead atoms. The van der Waals surface area contributed by atoms with Crippen molar-refractivity contribution in [2.75, 3.05) is 13.1 Å². The van der Waals surface area contributed by atoms with Crippen LogP contribution in [-0.4, -0.2) is 65.1 Å². The number of nitrogens with one attached hydrogen (secondary N) is 4. The lowest BCUT2D eigenvalue weighted by atomic mass is 9.96. The molecule has 4 atom stereocenters. The first-order valence-electron chi connectivity index (χ1n) is 10.8. The van der Waals surface area contributed by atoms with Crippen LogP contribution in [0.3, 0.4) is 0 Å². The molecule has 1 aromatic rings. The molecule has 1 aliphatic rings. The molecule has 10 heteroatoms. The van der Waals surface area contributed by atoms with Gasteiger partial charge in [0, 0.05) is 6.42 Å². The molecule has 1 aliphatic heterocycles. The van der Waals surface area contributed by atoms with Gasteiger partial charge in [-0.2, -0.15) is 0 Å². The van der Waals surface area contributed by atoms with Crippen molar-refractivity contribution in [1.82, 2.24) is 21.3 Å². The van der Waals surface area contributed by atoms with E-state index in [1.807, 2.05) is 13.8 Å². The Balaban J connectivity index is 2.15. The Labute approximate surface area is 187 Å². The number of carboxylic acids is 1. The maximum atomic E-state index is 13.1. The van der Waals surface area contributed by atoms with Crippen LogP contribution in [0, 0.1) is 5.92 Å². The van der Waals surface area contributed by atoms with Crippen LogP contribution in [-0.2, 0) is 25.6 Å². The Morgan fingerprint density at radius 3 is 2.38 bits per heavy atom. The maximum absolute atomic E-state index is 13.1. The summed E-state index contributed by atoms with van der Waals surface area (Å²) in [6.07, 6.45) is 2.30. The average molecular weight is 449 g/mol. The van der Waals surface area contributed by atoms with Gasteiger partial charge in [0.15, 0.2) is 0 Å². The van der Waals surface area contributed by atoms with Crippen molar-refractivity contribution in [3.05, 3.63) is 29.8 Å². The molecule has 1 fully saturated rings. The molecule has 4 unspecified atom stereocenters. The molecule has 32 heavy (non-hydrogen) atoms.